The first-order chi connectivity index (χ1) is 9.60. The molecule has 0 aliphatic heterocycles. The summed E-state index contributed by atoms with van der Waals surface area (Å²) in [5.41, 5.74) is 0.998. The van der Waals surface area contributed by atoms with Gasteiger partial charge >= 0.3 is 0 Å². The number of aryl methyl sites for hydroxylation is 1. The van der Waals surface area contributed by atoms with Gasteiger partial charge in [-0.15, -0.1) is 0 Å². The number of halogens is 2. The second-order valence-electron chi connectivity index (χ2n) is 5.57. The molecule has 0 aromatic heterocycles. The van der Waals surface area contributed by atoms with Gasteiger partial charge < -0.3 is 5.11 Å². The minimum atomic E-state index is -3.85. The Bertz CT molecular complexity index is 589. The molecule has 0 saturated heterocycles. The molecule has 1 unspecified atom stereocenters. The maximum Gasteiger partial charge on any atom is 0.242 e. The third-order valence-electron chi connectivity index (χ3n) is 3.15. The first kappa shape index (κ1) is 18.7. The molecular formula is C14H21Cl2NO3S. The lowest BCUT2D eigenvalue weighted by Gasteiger charge is -2.20. The first-order valence-corrected chi connectivity index (χ1v) is 8.92. The van der Waals surface area contributed by atoms with Gasteiger partial charge in [0.05, 0.1) is 11.6 Å². The molecule has 0 aliphatic carbocycles. The van der Waals surface area contributed by atoms with Crippen LogP contribution in [0.2, 0.25) is 10.0 Å². The molecule has 1 rings (SSSR count). The Morgan fingerprint density at radius 1 is 1.29 bits per heavy atom. The van der Waals surface area contributed by atoms with Crippen molar-refractivity contribution in [3.63, 3.8) is 0 Å². The van der Waals surface area contributed by atoms with Crippen LogP contribution in [0.25, 0.3) is 0 Å². The summed E-state index contributed by atoms with van der Waals surface area (Å²) in [7, 11) is -3.85. The number of aliphatic hydroxyl groups excluding tert-OH is 1. The van der Waals surface area contributed by atoms with E-state index in [9.17, 15) is 13.5 Å². The van der Waals surface area contributed by atoms with E-state index in [4.69, 9.17) is 23.2 Å². The average molecular weight is 354 g/mol. The van der Waals surface area contributed by atoms with E-state index >= 15 is 0 Å². The molecule has 0 heterocycles. The molecule has 0 radical (unpaired) electrons. The largest absolute Gasteiger partial charge is 0.395 e. The number of nitrogens with one attached hydrogen (secondary N) is 1. The molecule has 0 aliphatic rings. The zero-order valence-electron chi connectivity index (χ0n) is 12.6. The van der Waals surface area contributed by atoms with E-state index < -0.39 is 16.1 Å². The Labute approximate surface area is 136 Å². The summed E-state index contributed by atoms with van der Waals surface area (Å²) >= 11 is 12.2. The second-order valence-corrected chi connectivity index (χ2v) is 8.01. The van der Waals surface area contributed by atoms with Crippen LogP contribution in [0, 0.1) is 19.8 Å². The molecule has 0 saturated carbocycles. The van der Waals surface area contributed by atoms with Crippen LogP contribution in [0.1, 0.15) is 31.4 Å². The van der Waals surface area contributed by atoms with Crippen molar-refractivity contribution in [1.82, 2.24) is 4.72 Å². The van der Waals surface area contributed by atoms with Crippen LogP contribution in [0.3, 0.4) is 0 Å². The fourth-order valence-electron chi connectivity index (χ4n) is 2.14. The van der Waals surface area contributed by atoms with Crippen molar-refractivity contribution >= 4 is 33.2 Å². The number of hydrogen-bond acceptors (Lipinski definition) is 3. The van der Waals surface area contributed by atoms with Gasteiger partial charge in [0.25, 0.3) is 0 Å². The van der Waals surface area contributed by atoms with E-state index in [1.807, 2.05) is 13.8 Å². The maximum absolute atomic E-state index is 12.6. The van der Waals surface area contributed by atoms with Crippen molar-refractivity contribution < 1.29 is 13.5 Å². The van der Waals surface area contributed by atoms with Crippen molar-refractivity contribution in [1.29, 1.82) is 0 Å². The van der Waals surface area contributed by atoms with Crippen molar-refractivity contribution in [2.45, 2.75) is 45.1 Å². The lowest BCUT2D eigenvalue weighted by Crippen LogP contribution is -2.38. The van der Waals surface area contributed by atoms with Crippen LogP contribution in [0.4, 0.5) is 0 Å². The van der Waals surface area contributed by atoms with E-state index in [1.54, 1.807) is 19.9 Å². The Morgan fingerprint density at radius 3 is 2.33 bits per heavy atom. The fraction of sp³-hybridized carbons (Fsp3) is 0.571. The average Bonchev–Trinajstić information content (AvgIpc) is 2.34. The fourth-order valence-corrected chi connectivity index (χ4v) is 4.59. The van der Waals surface area contributed by atoms with Gasteiger partial charge in [-0.25, -0.2) is 13.1 Å². The highest BCUT2D eigenvalue weighted by atomic mass is 35.5. The van der Waals surface area contributed by atoms with Gasteiger partial charge in [-0.3, -0.25) is 0 Å². The SMILES string of the molecule is Cc1cc(Cl)c(C)c(S(=O)(=O)NC(CO)CC(C)C)c1Cl. The highest BCUT2D eigenvalue weighted by Gasteiger charge is 2.26. The van der Waals surface area contributed by atoms with Crippen molar-refractivity contribution in [3.05, 3.63) is 27.2 Å². The van der Waals surface area contributed by atoms with Crippen LogP contribution in [-0.2, 0) is 10.0 Å². The Hall–Kier alpha value is -0.330. The number of aliphatic hydroxyl groups is 1. The van der Waals surface area contributed by atoms with Gasteiger partial charge in [0.15, 0.2) is 0 Å². The van der Waals surface area contributed by atoms with Gasteiger partial charge in [0.1, 0.15) is 4.90 Å². The number of sulfonamides is 1. The van der Waals surface area contributed by atoms with Crippen molar-refractivity contribution in [2.75, 3.05) is 6.61 Å². The predicted molar refractivity (Wildman–Crippen MR) is 86.6 cm³/mol. The normalized spacial score (nSPS) is 13.7. The van der Waals surface area contributed by atoms with Gasteiger partial charge in [-0.05, 0) is 43.4 Å². The topological polar surface area (TPSA) is 66.4 Å². The molecule has 0 fully saturated rings. The van der Waals surface area contributed by atoms with Gasteiger partial charge in [-0.2, -0.15) is 0 Å². The minimum absolute atomic E-state index is 0.0172. The molecule has 0 bridgehead atoms. The smallest absolute Gasteiger partial charge is 0.242 e. The maximum atomic E-state index is 12.6. The summed E-state index contributed by atoms with van der Waals surface area (Å²) in [6, 6.07) is 1.08. The summed E-state index contributed by atoms with van der Waals surface area (Å²) in [6.45, 7) is 6.95. The van der Waals surface area contributed by atoms with Crippen LogP contribution < -0.4 is 4.72 Å². The number of hydrogen-bond donors (Lipinski definition) is 2. The monoisotopic (exact) mass is 353 g/mol. The number of benzene rings is 1. The zero-order chi connectivity index (χ0) is 16.4. The van der Waals surface area contributed by atoms with E-state index in [1.165, 1.54) is 0 Å². The van der Waals surface area contributed by atoms with E-state index in [0.29, 0.717) is 22.6 Å². The zero-order valence-corrected chi connectivity index (χ0v) is 14.9. The molecule has 7 heteroatoms. The molecular weight excluding hydrogens is 333 g/mol. The van der Waals surface area contributed by atoms with Gasteiger partial charge in [-0.1, -0.05) is 37.0 Å². The molecule has 2 N–H and O–H groups in total. The third-order valence-corrected chi connectivity index (χ3v) is 5.84. The third kappa shape index (κ3) is 4.57. The quantitative estimate of drug-likeness (QED) is 0.824. The molecule has 0 amide bonds. The molecule has 0 spiro atoms. The highest BCUT2D eigenvalue weighted by molar-refractivity contribution is 7.89. The minimum Gasteiger partial charge on any atom is -0.395 e. The molecule has 1 aromatic carbocycles. The molecule has 120 valence electrons. The summed E-state index contributed by atoms with van der Waals surface area (Å²) < 4.78 is 27.6. The summed E-state index contributed by atoms with van der Waals surface area (Å²) in [6.07, 6.45) is 0.534. The summed E-state index contributed by atoms with van der Waals surface area (Å²) in [4.78, 5) is -0.0172. The Balaban J connectivity index is 3.26. The number of rotatable bonds is 6. The Kier molecular flexibility index (Phi) is 6.50. The van der Waals surface area contributed by atoms with Gasteiger partial charge in [0, 0.05) is 11.1 Å². The second kappa shape index (κ2) is 7.29. The van der Waals surface area contributed by atoms with E-state index in [0.717, 1.165) is 0 Å². The standard InChI is InChI=1S/C14H21Cl2NO3S/c1-8(2)5-11(7-18)17-21(19,20)14-10(4)12(15)6-9(3)13(14)16/h6,8,11,17-18H,5,7H2,1-4H3. The van der Waals surface area contributed by atoms with Crippen LogP contribution >= 0.6 is 23.2 Å². The lowest BCUT2D eigenvalue weighted by atomic mass is 10.1. The van der Waals surface area contributed by atoms with Crippen molar-refractivity contribution in [3.8, 4) is 0 Å². The lowest BCUT2D eigenvalue weighted by molar-refractivity contribution is 0.240. The molecule has 21 heavy (non-hydrogen) atoms. The van der Waals surface area contributed by atoms with Crippen LogP contribution in [-0.4, -0.2) is 26.2 Å². The van der Waals surface area contributed by atoms with E-state index in [2.05, 4.69) is 4.72 Å². The van der Waals surface area contributed by atoms with Crippen LogP contribution in [0.5, 0.6) is 0 Å². The highest BCUT2D eigenvalue weighted by Crippen LogP contribution is 2.33. The van der Waals surface area contributed by atoms with Gasteiger partial charge in [0.2, 0.25) is 10.0 Å². The van der Waals surface area contributed by atoms with E-state index in [-0.39, 0.29) is 22.4 Å². The predicted octanol–water partition coefficient (Wildman–Crippen LogP) is 3.30. The Morgan fingerprint density at radius 2 is 1.86 bits per heavy atom. The molecule has 1 atom stereocenters. The first-order valence-electron chi connectivity index (χ1n) is 6.68. The van der Waals surface area contributed by atoms with Crippen molar-refractivity contribution in [2.24, 2.45) is 5.92 Å². The summed E-state index contributed by atoms with van der Waals surface area (Å²) in [5, 5.41) is 9.85. The van der Waals surface area contributed by atoms with Crippen LogP contribution in [0.15, 0.2) is 11.0 Å². The molecule has 1 aromatic rings. The summed E-state index contributed by atoms with van der Waals surface area (Å²) in [5.74, 6) is 0.252. The molecule has 4 nitrogen and oxygen atoms in total.